The van der Waals surface area contributed by atoms with E-state index >= 15 is 0 Å². The van der Waals surface area contributed by atoms with Crippen LogP contribution in [0.15, 0.2) is 0 Å². The first kappa shape index (κ1) is 4.10. The highest BCUT2D eigenvalue weighted by Crippen LogP contribution is 3.03. The maximum atomic E-state index is 5.75. The molecule has 1 saturated heterocycles. The molecule has 1 nitrogen and oxygen atoms in total. The Morgan fingerprint density at radius 2 is 2.00 bits per heavy atom. The van der Waals surface area contributed by atoms with Crippen LogP contribution in [0.25, 0.3) is 0 Å². The van der Waals surface area contributed by atoms with Crippen molar-refractivity contribution in [2.75, 3.05) is 6.61 Å². The van der Waals surface area contributed by atoms with Crippen LogP contribution in [-0.2, 0) is 4.74 Å². The van der Waals surface area contributed by atoms with Crippen molar-refractivity contribution in [3.05, 3.63) is 0 Å². The van der Waals surface area contributed by atoms with Crippen LogP contribution < -0.4 is 0 Å². The molecule has 1 aliphatic heterocycles. The van der Waals surface area contributed by atoms with E-state index in [0.717, 1.165) is 41.3 Å². The predicted octanol–water partition coefficient (Wildman–Crippen LogP) is 1.04. The predicted molar refractivity (Wildman–Crippen MR) is 34.3 cm³/mol. The molecule has 0 bridgehead atoms. The molecule has 0 amide bonds. The molecule has 52 valence electrons. The van der Waals surface area contributed by atoms with Crippen molar-refractivity contribution in [2.45, 2.75) is 18.9 Å². The maximum Gasteiger partial charge on any atom is 0.0679 e. The van der Waals surface area contributed by atoms with Crippen molar-refractivity contribution >= 4 is 0 Å². The molecule has 10 heavy (non-hydrogen) atoms. The molecule has 5 rings (SSSR count). The van der Waals surface area contributed by atoms with E-state index in [0.29, 0.717) is 0 Å². The molecule has 1 heterocycles. The van der Waals surface area contributed by atoms with E-state index in [1.54, 1.807) is 12.8 Å². The molecule has 4 aliphatic carbocycles. The van der Waals surface area contributed by atoms with Gasteiger partial charge in [0.05, 0.1) is 12.7 Å². The number of fused-ring (bicyclic) bond motifs is 2. The largest absolute Gasteiger partial charge is 0.377 e. The van der Waals surface area contributed by atoms with Gasteiger partial charge in [0.15, 0.2) is 0 Å². The van der Waals surface area contributed by atoms with Crippen LogP contribution in [-0.4, -0.2) is 12.7 Å². The summed E-state index contributed by atoms with van der Waals surface area (Å²) in [5.74, 6) is 3.26. The van der Waals surface area contributed by atoms with Crippen LogP contribution in [0.1, 0.15) is 12.8 Å². The Balaban J connectivity index is 1.88. The smallest absolute Gasteiger partial charge is 0.0679 e. The summed E-state index contributed by atoms with van der Waals surface area (Å²) in [4.78, 5) is 0. The third-order valence-corrected chi connectivity index (χ3v) is 5.48. The molecule has 6 unspecified atom stereocenters. The SMILES string of the molecule is C1OC2C3CC45CC4C1C325. The summed E-state index contributed by atoms with van der Waals surface area (Å²) in [6, 6.07) is 0. The molecule has 0 radical (unpaired) electrons. The van der Waals surface area contributed by atoms with E-state index in [-0.39, 0.29) is 0 Å². The highest BCUT2D eigenvalue weighted by molar-refractivity contribution is 5.49. The Bertz CT molecular complexity index is 274. The summed E-state index contributed by atoms with van der Waals surface area (Å²) in [6.45, 7) is 1.13. The molecule has 5 fully saturated rings. The normalized spacial score (nSPS) is 91.2. The van der Waals surface area contributed by atoms with Crippen molar-refractivity contribution < 1.29 is 4.74 Å². The number of rotatable bonds is 0. The monoisotopic (exact) mass is 134 g/mol. The molecule has 4 saturated carbocycles. The minimum Gasteiger partial charge on any atom is -0.377 e. The van der Waals surface area contributed by atoms with E-state index in [9.17, 15) is 0 Å². The summed E-state index contributed by atoms with van der Waals surface area (Å²) >= 11 is 0. The van der Waals surface area contributed by atoms with Crippen molar-refractivity contribution in [3.8, 4) is 0 Å². The highest BCUT2D eigenvalue weighted by Gasteiger charge is 3.02. The lowest BCUT2D eigenvalue weighted by atomic mass is 9.52. The van der Waals surface area contributed by atoms with Crippen LogP contribution in [0.5, 0.6) is 0 Å². The summed E-state index contributed by atoms with van der Waals surface area (Å²) < 4.78 is 5.75. The average Bonchev–Trinajstić information content (AvgIpc) is 2.66. The van der Waals surface area contributed by atoms with Gasteiger partial charge in [0, 0.05) is 5.41 Å². The number of hydrogen-bond donors (Lipinski definition) is 0. The third-order valence-electron chi connectivity index (χ3n) is 5.48. The molecule has 0 N–H and O–H groups in total. The van der Waals surface area contributed by atoms with Crippen molar-refractivity contribution in [2.24, 2.45) is 28.6 Å². The van der Waals surface area contributed by atoms with Crippen molar-refractivity contribution in [1.82, 2.24) is 0 Å². The van der Waals surface area contributed by atoms with Gasteiger partial charge in [-0.15, -0.1) is 0 Å². The zero-order chi connectivity index (χ0) is 6.14. The lowest BCUT2D eigenvalue weighted by molar-refractivity contribution is -0.0587. The second-order valence-corrected chi connectivity index (χ2v) is 5.07. The van der Waals surface area contributed by atoms with Crippen LogP contribution >= 0.6 is 0 Å². The van der Waals surface area contributed by atoms with Gasteiger partial charge in [-0.3, -0.25) is 0 Å². The van der Waals surface area contributed by atoms with Gasteiger partial charge >= 0.3 is 0 Å². The van der Waals surface area contributed by atoms with Crippen LogP contribution in [0.3, 0.4) is 0 Å². The minimum absolute atomic E-state index is 0.774. The Morgan fingerprint density at radius 3 is 2.80 bits per heavy atom. The van der Waals surface area contributed by atoms with Crippen LogP contribution in [0.2, 0.25) is 0 Å². The topological polar surface area (TPSA) is 9.23 Å². The van der Waals surface area contributed by atoms with Crippen molar-refractivity contribution in [3.63, 3.8) is 0 Å². The Labute approximate surface area is 59.7 Å². The van der Waals surface area contributed by atoms with Gasteiger partial charge < -0.3 is 4.74 Å². The molecular formula is C9H10O. The molecule has 0 aromatic heterocycles. The fourth-order valence-corrected chi connectivity index (χ4v) is 5.21. The van der Waals surface area contributed by atoms with Gasteiger partial charge in [0.2, 0.25) is 0 Å². The van der Waals surface area contributed by atoms with Gasteiger partial charge in [-0.25, -0.2) is 0 Å². The third kappa shape index (κ3) is 0.143. The zero-order valence-electron chi connectivity index (χ0n) is 5.84. The van der Waals surface area contributed by atoms with E-state index in [4.69, 9.17) is 4.74 Å². The average molecular weight is 134 g/mol. The standard InChI is InChI=1S/C9H10O/c1-4-6-3-10-7-5-2-8(1,4)9(5,6)7/h4-7H,1-3H2. The van der Waals surface area contributed by atoms with E-state index in [1.165, 1.54) is 0 Å². The lowest BCUT2D eigenvalue weighted by Gasteiger charge is -2.51. The van der Waals surface area contributed by atoms with Gasteiger partial charge in [-0.1, -0.05) is 0 Å². The van der Waals surface area contributed by atoms with E-state index in [2.05, 4.69) is 0 Å². The lowest BCUT2D eigenvalue weighted by Crippen LogP contribution is -2.49. The fraction of sp³-hybridized carbons (Fsp3) is 1.00. The second kappa shape index (κ2) is 0.726. The summed E-state index contributed by atoms with van der Waals surface area (Å²) in [5.41, 5.74) is 1.77. The summed E-state index contributed by atoms with van der Waals surface area (Å²) in [6.07, 6.45) is 3.92. The van der Waals surface area contributed by atoms with Gasteiger partial charge in [-0.2, -0.15) is 0 Å². The van der Waals surface area contributed by atoms with Crippen LogP contribution in [0, 0.1) is 28.6 Å². The zero-order valence-corrected chi connectivity index (χ0v) is 5.84. The second-order valence-electron chi connectivity index (χ2n) is 5.07. The first-order valence-electron chi connectivity index (χ1n) is 4.53. The molecule has 5 aliphatic rings. The number of ether oxygens (including phenoxy) is 1. The van der Waals surface area contributed by atoms with E-state index < -0.39 is 0 Å². The van der Waals surface area contributed by atoms with Gasteiger partial charge in [0.1, 0.15) is 0 Å². The van der Waals surface area contributed by atoms with Crippen LogP contribution in [0.4, 0.5) is 0 Å². The van der Waals surface area contributed by atoms with E-state index in [1.807, 2.05) is 0 Å². The van der Waals surface area contributed by atoms with Gasteiger partial charge in [-0.05, 0) is 36.0 Å². The highest BCUT2D eigenvalue weighted by atomic mass is 16.5. The first-order valence-corrected chi connectivity index (χ1v) is 4.53. The molecule has 0 aromatic rings. The molecular weight excluding hydrogens is 124 g/mol. The van der Waals surface area contributed by atoms with Crippen molar-refractivity contribution in [1.29, 1.82) is 0 Å². The molecule has 1 heteroatoms. The molecule has 6 atom stereocenters. The molecule has 0 aromatic carbocycles. The summed E-state index contributed by atoms with van der Waals surface area (Å²) in [7, 11) is 0. The fourth-order valence-electron chi connectivity index (χ4n) is 5.21. The van der Waals surface area contributed by atoms with Gasteiger partial charge in [0.25, 0.3) is 0 Å². The minimum atomic E-state index is 0.774. The Morgan fingerprint density at radius 1 is 1.10 bits per heavy atom. The quantitative estimate of drug-likeness (QED) is 0.481. The summed E-state index contributed by atoms with van der Waals surface area (Å²) in [5, 5.41) is 0. The molecule has 2 spiro atoms. The Kier molecular flexibility index (Phi) is 0.298. The number of hydrogen-bond acceptors (Lipinski definition) is 1. The first-order chi connectivity index (χ1) is 4.91. The maximum absolute atomic E-state index is 5.75. The Hall–Kier alpha value is -0.0400.